The summed E-state index contributed by atoms with van der Waals surface area (Å²) in [5.41, 5.74) is 1.28. The van der Waals surface area contributed by atoms with Crippen LogP contribution in [0, 0.1) is 18.6 Å². The van der Waals surface area contributed by atoms with Crippen LogP contribution in [0.4, 0.5) is 20.2 Å². The van der Waals surface area contributed by atoms with Crippen molar-refractivity contribution in [3.05, 3.63) is 58.6 Å². The molecule has 0 aliphatic heterocycles. The van der Waals surface area contributed by atoms with Crippen molar-refractivity contribution in [1.82, 2.24) is 0 Å². The molecule has 0 bridgehead atoms. The summed E-state index contributed by atoms with van der Waals surface area (Å²) in [5, 5.41) is 6.14. The van der Waals surface area contributed by atoms with E-state index >= 15 is 0 Å². The first-order chi connectivity index (χ1) is 9.45. The van der Waals surface area contributed by atoms with Gasteiger partial charge < -0.3 is 10.6 Å². The van der Waals surface area contributed by atoms with E-state index in [4.69, 9.17) is 23.8 Å². The first-order valence-corrected chi connectivity index (χ1v) is 6.53. The zero-order valence-corrected chi connectivity index (χ0v) is 12.1. The van der Waals surface area contributed by atoms with E-state index in [0.717, 1.165) is 0 Å². The van der Waals surface area contributed by atoms with Gasteiger partial charge in [-0.25, -0.2) is 8.78 Å². The van der Waals surface area contributed by atoms with Crippen molar-refractivity contribution in [3.63, 3.8) is 0 Å². The van der Waals surface area contributed by atoms with Gasteiger partial charge in [-0.1, -0.05) is 11.6 Å². The third-order valence-corrected chi connectivity index (χ3v) is 3.03. The Labute approximate surface area is 125 Å². The lowest BCUT2D eigenvalue weighted by atomic mass is 10.2. The summed E-state index contributed by atoms with van der Waals surface area (Å²) >= 11 is 10.9. The minimum atomic E-state index is -0.464. The molecule has 20 heavy (non-hydrogen) atoms. The van der Waals surface area contributed by atoms with Crippen molar-refractivity contribution in [1.29, 1.82) is 0 Å². The van der Waals surface area contributed by atoms with Gasteiger partial charge in [0, 0.05) is 10.7 Å². The Kier molecular flexibility index (Phi) is 4.52. The summed E-state index contributed by atoms with van der Waals surface area (Å²) in [6.45, 7) is 1.65. The summed E-state index contributed by atoms with van der Waals surface area (Å²) in [5.74, 6) is -0.760. The molecule has 0 spiro atoms. The predicted octanol–water partition coefficient (Wildman–Crippen LogP) is 4.74. The lowest BCUT2D eigenvalue weighted by molar-refractivity contribution is 0.619. The van der Waals surface area contributed by atoms with Gasteiger partial charge in [0.05, 0.1) is 5.69 Å². The molecular formula is C14H11ClF2N2S. The highest BCUT2D eigenvalue weighted by Crippen LogP contribution is 2.20. The van der Waals surface area contributed by atoms with E-state index in [1.54, 1.807) is 19.1 Å². The van der Waals surface area contributed by atoms with Crippen LogP contribution >= 0.6 is 23.8 Å². The number of benzene rings is 2. The van der Waals surface area contributed by atoms with E-state index in [1.807, 2.05) is 0 Å². The van der Waals surface area contributed by atoms with Gasteiger partial charge >= 0.3 is 0 Å². The van der Waals surface area contributed by atoms with Gasteiger partial charge in [-0.3, -0.25) is 0 Å². The van der Waals surface area contributed by atoms with Crippen LogP contribution in [0.25, 0.3) is 0 Å². The van der Waals surface area contributed by atoms with Crippen molar-refractivity contribution in [2.24, 2.45) is 0 Å². The Hall–Kier alpha value is -1.72. The molecule has 0 saturated carbocycles. The molecule has 0 radical (unpaired) electrons. The Morgan fingerprint density at radius 3 is 2.45 bits per heavy atom. The molecule has 0 unspecified atom stereocenters. The number of halogens is 3. The number of aryl methyl sites for hydroxylation is 1. The van der Waals surface area contributed by atoms with Crippen molar-refractivity contribution < 1.29 is 8.78 Å². The summed E-state index contributed by atoms with van der Waals surface area (Å²) in [4.78, 5) is 0. The first-order valence-electron chi connectivity index (χ1n) is 5.75. The highest BCUT2D eigenvalue weighted by atomic mass is 35.5. The summed E-state index contributed by atoms with van der Waals surface area (Å²) < 4.78 is 26.7. The predicted molar refractivity (Wildman–Crippen MR) is 82.4 cm³/mol. The summed E-state index contributed by atoms with van der Waals surface area (Å²) in [7, 11) is 0. The van der Waals surface area contributed by atoms with Crippen LogP contribution in [0.1, 0.15) is 5.56 Å². The molecule has 2 aromatic carbocycles. The minimum Gasteiger partial charge on any atom is -0.332 e. The molecule has 0 fully saturated rings. The number of thiocarbonyl (C=S) groups is 1. The highest BCUT2D eigenvalue weighted by molar-refractivity contribution is 7.80. The molecule has 2 rings (SSSR count). The maximum atomic E-state index is 13.5. The molecular weight excluding hydrogens is 302 g/mol. The molecule has 0 aromatic heterocycles. The number of nitrogens with one attached hydrogen (secondary N) is 2. The van der Waals surface area contributed by atoms with Crippen molar-refractivity contribution in [2.75, 3.05) is 10.6 Å². The van der Waals surface area contributed by atoms with Gasteiger partial charge in [0.1, 0.15) is 11.6 Å². The number of anilines is 2. The topological polar surface area (TPSA) is 24.1 Å². The van der Waals surface area contributed by atoms with E-state index < -0.39 is 5.82 Å². The highest BCUT2D eigenvalue weighted by Gasteiger charge is 2.06. The monoisotopic (exact) mass is 312 g/mol. The smallest absolute Gasteiger partial charge is 0.175 e. The van der Waals surface area contributed by atoms with Crippen LogP contribution in [0.2, 0.25) is 5.02 Å². The Bertz CT molecular complexity index is 662. The largest absolute Gasteiger partial charge is 0.332 e. The molecule has 2 N–H and O–H groups in total. The average Bonchev–Trinajstić information content (AvgIpc) is 2.38. The zero-order chi connectivity index (χ0) is 14.7. The Morgan fingerprint density at radius 2 is 1.75 bits per heavy atom. The third-order valence-electron chi connectivity index (χ3n) is 2.59. The first kappa shape index (κ1) is 14.7. The molecule has 0 saturated heterocycles. The SMILES string of the molecule is Cc1cc(NC(=S)Nc2cc(Cl)ccc2F)ccc1F. The van der Waals surface area contributed by atoms with Gasteiger partial charge in [-0.15, -0.1) is 0 Å². The van der Waals surface area contributed by atoms with Crippen LogP contribution in [0.3, 0.4) is 0 Å². The number of hydrogen-bond acceptors (Lipinski definition) is 1. The normalized spacial score (nSPS) is 10.2. The van der Waals surface area contributed by atoms with Crippen LogP contribution in [-0.4, -0.2) is 5.11 Å². The maximum absolute atomic E-state index is 13.5. The molecule has 0 aliphatic rings. The second kappa shape index (κ2) is 6.15. The van der Waals surface area contributed by atoms with Gasteiger partial charge in [0.15, 0.2) is 5.11 Å². The summed E-state index contributed by atoms with van der Waals surface area (Å²) in [6, 6.07) is 8.61. The van der Waals surface area contributed by atoms with Crippen LogP contribution < -0.4 is 10.6 Å². The molecule has 104 valence electrons. The van der Waals surface area contributed by atoms with Gasteiger partial charge in [0.2, 0.25) is 0 Å². The van der Waals surface area contributed by atoms with Gasteiger partial charge in [-0.2, -0.15) is 0 Å². The third kappa shape index (κ3) is 3.65. The molecule has 0 aliphatic carbocycles. The fourth-order valence-electron chi connectivity index (χ4n) is 1.60. The summed E-state index contributed by atoms with van der Waals surface area (Å²) in [6.07, 6.45) is 0. The van der Waals surface area contributed by atoms with Gasteiger partial charge in [0.25, 0.3) is 0 Å². The lowest BCUT2D eigenvalue weighted by Crippen LogP contribution is -2.19. The standard InChI is InChI=1S/C14H11ClF2N2S/c1-8-6-10(3-5-11(8)16)18-14(20)19-13-7-9(15)2-4-12(13)17/h2-7H,1H3,(H2,18,19,20). The fourth-order valence-corrected chi connectivity index (χ4v) is 2.00. The molecule has 0 atom stereocenters. The minimum absolute atomic E-state index is 0.175. The second-order valence-corrected chi connectivity index (χ2v) is 5.01. The molecule has 2 nitrogen and oxygen atoms in total. The quantitative estimate of drug-likeness (QED) is 0.784. The number of hydrogen-bond donors (Lipinski definition) is 2. The average molecular weight is 313 g/mol. The van der Waals surface area contributed by atoms with Crippen LogP contribution in [0.5, 0.6) is 0 Å². The van der Waals surface area contributed by atoms with Crippen LogP contribution in [-0.2, 0) is 0 Å². The van der Waals surface area contributed by atoms with Gasteiger partial charge in [-0.05, 0) is 61.1 Å². The van der Waals surface area contributed by atoms with Crippen molar-refractivity contribution in [3.8, 4) is 0 Å². The van der Waals surface area contributed by atoms with E-state index in [0.29, 0.717) is 16.3 Å². The zero-order valence-electron chi connectivity index (χ0n) is 10.5. The van der Waals surface area contributed by atoms with E-state index in [-0.39, 0.29) is 16.6 Å². The molecule has 6 heteroatoms. The fraction of sp³-hybridized carbons (Fsp3) is 0.0714. The van der Waals surface area contributed by atoms with Crippen LogP contribution in [0.15, 0.2) is 36.4 Å². The molecule has 0 heterocycles. The Morgan fingerprint density at radius 1 is 1.05 bits per heavy atom. The van der Waals surface area contributed by atoms with E-state index in [1.165, 1.54) is 24.3 Å². The van der Waals surface area contributed by atoms with E-state index in [2.05, 4.69) is 10.6 Å². The van der Waals surface area contributed by atoms with Crippen molar-refractivity contribution in [2.45, 2.75) is 6.92 Å². The number of rotatable bonds is 2. The molecule has 2 aromatic rings. The van der Waals surface area contributed by atoms with E-state index in [9.17, 15) is 8.78 Å². The molecule has 0 amide bonds. The van der Waals surface area contributed by atoms with Crippen molar-refractivity contribution >= 4 is 40.3 Å². The Balaban J connectivity index is 2.09. The maximum Gasteiger partial charge on any atom is 0.175 e. The lowest BCUT2D eigenvalue weighted by Gasteiger charge is -2.12. The second-order valence-electron chi connectivity index (χ2n) is 4.17.